The van der Waals surface area contributed by atoms with E-state index in [0.717, 1.165) is 29.6 Å². The summed E-state index contributed by atoms with van der Waals surface area (Å²) in [5.74, 6) is -0.0730. The van der Waals surface area contributed by atoms with Crippen molar-refractivity contribution in [3.8, 4) is 0 Å². The lowest BCUT2D eigenvalue weighted by atomic mass is 10.1. The molecule has 1 unspecified atom stereocenters. The Labute approximate surface area is 129 Å². The number of aromatic nitrogens is 1. The monoisotopic (exact) mass is 296 g/mol. The van der Waals surface area contributed by atoms with Crippen molar-refractivity contribution < 1.29 is 9.21 Å². The molecule has 0 radical (unpaired) electrons. The summed E-state index contributed by atoms with van der Waals surface area (Å²) in [5.41, 5.74) is 3.47. The number of carbonyl (C=O) groups excluding carboxylic acids is 1. The van der Waals surface area contributed by atoms with E-state index in [-0.39, 0.29) is 11.9 Å². The average molecular weight is 296 g/mol. The number of rotatable bonds is 5. The molecule has 3 aromatic rings. The Morgan fingerprint density at radius 1 is 1.27 bits per heavy atom. The Morgan fingerprint density at radius 2 is 2.05 bits per heavy atom. The maximum atomic E-state index is 12.6. The molecule has 22 heavy (non-hydrogen) atoms. The molecule has 1 N–H and O–H groups in total. The molecule has 0 fully saturated rings. The molecule has 1 aromatic carbocycles. The van der Waals surface area contributed by atoms with Crippen molar-refractivity contribution >= 4 is 17.0 Å². The van der Waals surface area contributed by atoms with Crippen LogP contribution in [0.3, 0.4) is 0 Å². The molecule has 0 aliphatic heterocycles. The van der Waals surface area contributed by atoms with Gasteiger partial charge in [-0.25, -0.2) is 0 Å². The Balaban J connectivity index is 1.85. The van der Waals surface area contributed by atoms with E-state index in [9.17, 15) is 4.79 Å². The van der Waals surface area contributed by atoms with Gasteiger partial charge in [-0.3, -0.25) is 4.79 Å². The van der Waals surface area contributed by atoms with Crippen LogP contribution < -0.4 is 5.32 Å². The van der Waals surface area contributed by atoms with Crippen LogP contribution in [0.4, 0.5) is 0 Å². The fraction of sp³-hybridized carbons (Fsp3) is 0.278. The number of carbonyl (C=O) groups is 1. The van der Waals surface area contributed by atoms with Crippen molar-refractivity contribution in [3.05, 3.63) is 60.0 Å². The normalized spacial score (nSPS) is 12.5. The van der Waals surface area contributed by atoms with Gasteiger partial charge in [-0.15, -0.1) is 0 Å². The van der Waals surface area contributed by atoms with Crippen molar-refractivity contribution in [1.82, 2.24) is 9.88 Å². The minimum Gasteiger partial charge on any atom is -0.463 e. The van der Waals surface area contributed by atoms with Gasteiger partial charge in [0.2, 0.25) is 0 Å². The van der Waals surface area contributed by atoms with Crippen LogP contribution in [0.2, 0.25) is 0 Å². The molecule has 2 heterocycles. The van der Waals surface area contributed by atoms with E-state index in [1.807, 2.05) is 54.0 Å². The maximum Gasteiger partial charge on any atom is 0.268 e. The van der Waals surface area contributed by atoms with Gasteiger partial charge in [0, 0.05) is 18.7 Å². The average Bonchev–Trinajstić information content (AvgIpc) is 3.11. The van der Waals surface area contributed by atoms with Gasteiger partial charge in [0.1, 0.15) is 5.69 Å². The molecule has 0 aliphatic carbocycles. The Hall–Kier alpha value is -2.49. The second kappa shape index (κ2) is 6.10. The molecule has 2 aromatic heterocycles. The second-order valence-electron chi connectivity index (χ2n) is 5.46. The first-order valence-corrected chi connectivity index (χ1v) is 7.63. The maximum absolute atomic E-state index is 12.6. The minimum atomic E-state index is -0.0730. The van der Waals surface area contributed by atoms with Crippen LogP contribution in [0.25, 0.3) is 11.1 Å². The quantitative estimate of drug-likeness (QED) is 0.769. The van der Waals surface area contributed by atoms with Crippen LogP contribution in [0, 0.1) is 0 Å². The number of nitrogens with one attached hydrogen (secondary N) is 1. The van der Waals surface area contributed by atoms with Crippen LogP contribution in [0.15, 0.2) is 53.1 Å². The van der Waals surface area contributed by atoms with Crippen molar-refractivity contribution in [1.29, 1.82) is 0 Å². The highest BCUT2D eigenvalue weighted by atomic mass is 16.3. The molecule has 1 amide bonds. The number of aryl methyl sites for hydroxylation is 1. The zero-order valence-electron chi connectivity index (χ0n) is 12.9. The second-order valence-corrected chi connectivity index (χ2v) is 5.46. The molecule has 0 aliphatic rings. The van der Waals surface area contributed by atoms with Crippen molar-refractivity contribution in [2.24, 2.45) is 0 Å². The number of furan rings is 1. The lowest BCUT2D eigenvalue weighted by Gasteiger charge is -2.15. The molecular formula is C18H20N2O2. The van der Waals surface area contributed by atoms with Gasteiger partial charge < -0.3 is 14.3 Å². The summed E-state index contributed by atoms with van der Waals surface area (Å²) >= 11 is 0. The first-order valence-electron chi connectivity index (χ1n) is 7.63. The summed E-state index contributed by atoms with van der Waals surface area (Å²) in [6.45, 7) is 4.89. The van der Waals surface area contributed by atoms with E-state index >= 15 is 0 Å². The topological polar surface area (TPSA) is 47.2 Å². The Morgan fingerprint density at radius 3 is 2.77 bits per heavy atom. The first kappa shape index (κ1) is 14.4. The first-order chi connectivity index (χ1) is 10.7. The molecular weight excluding hydrogens is 276 g/mol. The molecule has 3 rings (SSSR count). The SMILES string of the molecule is CCCn1c(C(=O)NC(C)c2ccccc2)cc2occc21. The summed E-state index contributed by atoms with van der Waals surface area (Å²) in [7, 11) is 0. The number of hydrogen-bond acceptors (Lipinski definition) is 2. The Bertz CT molecular complexity index is 771. The third-order valence-corrected chi connectivity index (χ3v) is 3.85. The zero-order chi connectivity index (χ0) is 15.5. The van der Waals surface area contributed by atoms with Crippen LogP contribution in [-0.2, 0) is 6.54 Å². The lowest BCUT2D eigenvalue weighted by Crippen LogP contribution is -2.28. The number of benzene rings is 1. The van der Waals surface area contributed by atoms with E-state index in [0.29, 0.717) is 5.69 Å². The third kappa shape index (κ3) is 2.64. The summed E-state index contributed by atoms with van der Waals surface area (Å²) in [4.78, 5) is 12.6. The highest BCUT2D eigenvalue weighted by Crippen LogP contribution is 2.22. The van der Waals surface area contributed by atoms with Gasteiger partial charge in [-0.05, 0) is 18.9 Å². The van der Waals surface area contributed by atoms with E-state index < -0.39 is 0 Å². The number of amides is 1. The van der Waals surface area contributed by atoms with E-state index in [4.69, 9.17) is 4.42 Å². The molecule has 0 saturated carbocycles. The molecule has 0 spiro atoms. The highest BCUT2D eigenvalue weighted by Gasteiger charge is 2.18. The smallest absolute Gasteiger partial charge is 0.268 e. The minimum absolute atomic E-state index is 0.0371. The summed E-state index contributed by atoms with van der Waals surface area (Å²) in [6, 6.07) is 13.6. The molecule has 4 nitrogen and oxygen atoms in total. The lowest BCUT2D eigenvalue weighted by molar-refractivity contribution is 0.0930. The van der Waals surface area contributed by atoms with Crippen LogP contribution in [-0.4, -0.2) is 10.5 Å². The highest BCUT2D eigenvalue weighted by molar-refractivity contribution is 5.97. The van der Waals surface area contributed by atoms with Crippen molar-refractivity contribution in [2.45, 2.75) is 32.9 Å². The summed E-state index contributed by atoms with van der Waals surface area (Å²) < 4.78 is 7.44. The van der Waals surface area contributed by atoms with Crippen LogP contribution >= 0.6 is 0 Å². The van der Waals surface area contributed by atoms with Gasteiger partial charge in [-0.1, -0.05) is 37.3 Å². The molecule has 4 heteroatoms. The standard InChI is InChI=1S/C18H20N2O2/c1-3-10-20-15-9-11-22-17(15)12-16(20)18(21)19-13(2)14-7-5-4-6-8-14/h4-9,11-13H,3,10H2,1-2H3,(H,19,21). The van der Waals surface area contributed by atoms with E-state index in [2.05, 4.69) is 12.2 Å². The summed E-state index contributed by atoms with van der Waals surface area (Å²) in [6.07, 6.45) is 2.62. The molecule has 114 valence electrons. The van der Waals surface area contributed by atoms with Crippen LogP contribution in [0.5, 0.6) is 0 Å². The predicted octanol–water partition coefficient (Wildman–Crippen LogP) is 4.14. The summed E-state index contributed by atoms with van der Waals surface area (Å²) in [5, 5.41) is 3.06. The van der Waals surface area contributed by atoms with Gasteiger partial charge in [-0.2, -0.15) is 0 Å². The van der Waals surface area contributed by atoms with Gasteiger partial charge >= 0.3 is 0 Å². The predicted molar refractivity (Wildman–Crippen MR) is 86.8 cm³/mol. The third-order valence-electron chi connectivity index (χ3n) is 3.85. The van der Waals surface area contributed by atoms with E-state index in [1.165, 1.54) is 0 Å². The fourth-order valence-corrected chi connectivity index (χ4v) is 2.73. The molecule has 0 bridgehead atoms. The number of nitrogens with zero attached hydrogens (tertiary/aromatic N) is 1. The number of hydrogen-bond donors (Lipinski definition) is 1. The van der Waals surface area contributed by atoms with Gasteiger partial charge in [0.25, 0.3) is 5.91 Å². The number of fused-ring (bicyclic) bond motifs is 1. The van der Waals surface area contributed by atoms with Crippen molar-refractivity contribution in [2.75, 3.05) is 0 Å². The molecule has 0 saturated heterocycles. The van der Waals surface area contributed by atoms with Gasteiger partial charge in [0.05, 0.1) is 17.8 Å². The van der Waals surface area contributed by atoms with Crippen molar-refractivity contribution in [3.63, 3.8) is 0 Å². The largest absolute Gasteiger partial charge is 0.463 e. The molecule has 1 atom stereocenters. The Kier molecular flexibility index (Phi) is 4.00. The zero-order valence-corrected chi connectivity index (χ0v) is 12.9. The van der Waals surface area contributed by atoms with E-state index in [1.54, 1.807) is 6.26 Å². The van der Waals surface area contributed by atoms with Gasteiger partial charge in [0.15, 0.2) is 5.58 Å². The fourth-order valence-electron chi connectivity index (χ4n) is 2.73. The van der Waals surface area contributed by atoms with Crippen LogP contribution in [0.1, 0.15) is 42.4 Å².